The molecule has 0 unspecified atom stereocenters. The Hall–Kier alpha value is -3.38. The molecule has 1 aromatic carbocycles. The molecule has 3 aromatic rings. The molecule has 12 heteroatoms. The molecule has 0 fully saturated rings. The van der Waals surface area contributed by atoms with Gasteiger partial charge in [0.2, 0.25) is 10.0 Å². The van der Waals surface area contributed by atoms with Gasteiger partial charge in [-0.2, -0.15) is 0 Å². The Morgan fingerprint density at radius 3 is 2.66 bits per heavy atom. The van der Waals surface area contributed by atoms with E-state index < -0.39 is 33.0 Å². The molecule has 0 amide bonds. The highest BCUT2D eigenvalue weighted by atomic mass is 32.2. The van der Waals surface area contributed by atoms with Crippen molar-refractivity contribution < 1.29 is 17.2 Å². The molecular weight excluding hydrogens is 440 g/mol. The third-order valence-corrected chi connectivity index (χ3v) is 6.28. The number of halogens is 2. The molecule has 3 rings (SSSR count). The van der Waals surface area contributed by atoms with Gasteiger partial charge in [-0.05, 0) is 31.5 Å². The number of hydrogen-bond donors (Lipinski definition) is 3. The van der Waals surface area contributed by atoms with Gasteiger partial charge < -0.3 is 5.73 Å². The van der Waals surface area contributed by atoms with E-state index in [1.54, 1.807) is 19.2 Å². The molecule has 0 radical (unpaired) electrons. The second-order valence-corrected chi connectivity index (χ2v) is 9.08. The van der Waals surface area contributed by atoms with Crippen LogP contribution in [0.1, 0.15) is 24.6 Å². The summed E-state index contributed by atoms with van der Waals surface area (Å²) in [5, 5.41) is 0.671. The van der Waals surface area contributed by atoms with Crippen molar-refractivity contribution in [3.8, 4) is 5.69 Å². The Morgan fingerprint density at radius 2 is 2.03 bits per heavy atom. The minimum Gasteiger partial charge on any atom is -0.397 e. The first-order valence-corrected chi connectivity index (χ1v) is 11.4. The van der Waals surface area contributed by atoms with E-state index in [0.29, 0.717) is 17.0 Å². The number of benzene rings is 1. The molecule has 2 heterocycles. The van der Waals surface area contributed by atoms with Crippen LogP contribution in [-0.2, 0) is 17.1 Å². The minimum atomic E-state index is -3.78. The fourth-order valence-corrected chi connectivity index (χ4v) is 4.18. The molecule has 172 valence electrons. The van der Waals surface area contributed by atoms with Gasteiger partial charge in [-0.1, -0.05) is 6.92 Å². The predicted octanol–water partition coefficient (Wildman–Crippen LogP) is 2.59. The van der Waals surface area contributed by atoms with Crippen molar-refractivity contribution in [2.45, 2.75) is 20.3 Å². The Kier molecular flexibility index (Phi) is 6.55. The van der Waals surface area contributed by atoms with Crippen molar-refractivity contribution in [3.63, 3.8) is 0 Å². The van der Waals surface area contributed by atoms with Gasteiger partial charge in [-0.3, -0.25) is 24.1 Å². The molecule has 2 aromatic heterocycles. The molecule has 0 aliphatic heterocycles. The van der Waals surface area contributed by atoms with E-state index in [4.69, 9.17) is 11.6 Å². The van der Waals surface area contributed by atoms with Crippen molar-refractivity contribution in [3.05, 3.63) is 65.9 Å². The Balaban J connectivity index is 1.92. The zero-order valence-electron chi connectivity index (χ0n) is 17.9. The predicted molar refractivity (Wildman–Crippen MR) is 120 cm³/mol. The van der Waals surface area contributed by atoms with Gasteiger partial charge in [-0.15, -0.1) is 0 Å². The van der Waals surface area contributed by atoms with Crippen LogP contribution in [0.15, 0.2) is 43.0 Å². The number of hydrogen-bond acceptors (Lipinski definition) is 6. The van der Waals surface area contributed by atoms with Gasteiger partial charge in [0, 0.05) is 31.2 Å². The number of hydrazine groups is 1. The van der Waals surface area contributed by atoms with E-state index in [9.17, 15) is 17.2 Å². The van der Waals surface area contributed by atoms with Crippen molar-refractivity contribution in [2.75, 3.05) is 15.5 Å². The Morgan fingerprint density at radius 1 is 1.31 bits per heavy atom. The van der Waals surface area contributed by atoms with Crippen LogP contribution < -0.4 is 21.3 Å². The van der Waals surface area contributed by atoms with Gasteiger partial charge in [-0.25, -0.2) is 23.0 Å². The maximum atomic E-state index is 14.9. The van der Waals surface area contributed by atoms with E-state index in [1.165, 1.54) is 6.20 Å². The van der Waals surface area contributed by atoms with Gasteiger partial charge in [0.1, 0.15) is 5.69 Å². The number of sulfonamides is 1. The lowest BCUT2D eigenvalue weighted by molar-refractivity contribution is 0.557. The SMILES string of the molecule is CCCS(=O)(=O)Nc1ccc(F)c(N(N)/C=C(\N)c2cncc(-n3cc(C)n3C)c2)c1F. The van der Waals surface area contributed by atoms with Gasteiger partial charge in [0.25, 0.3) is 0 Å². The molecule has 0 bridgehead atoms. The van der Waals surface area contributed by atoms with E-state index in [0.717, 1.165) is 29.7 Å². The lowest BCUT2D eigenvalue weighted by atomic mass is 10.2. The fourth-order valence-electron chi connectivity index (χ4n) is 3.05. The van der Waals surface area contributed by atoms with E-state index in [1.807, 2.05) is 29.5 Å². The second kappa shape index (κ2) is 9.01. The molecular formula is C20H25F2N7O2S. The third-order valence-electron chi connectivity index (χ3n) is 4.81. The standard InChI is InChI=1S/C20H25F2N7O2S/c1-4-7-32(30,31)26-18-6-5-16(21)20(19(18)22)28(24)12-17(23)14-8-15(10-25-9-14)29-11-13(2)27(29)3/h5-6,8-12,26H,4,7,23-24H2,1-3H3/b17-12-. The van der Waals surface area contributed by atoms with E-state index in [-0.39, 0.29) is 11.4 Å². The Labute approximate surface area is 184 Å². The van der Waals surface area contributed by atoms with E-state index >= 15 is 0 Å². The first-order chi connectivity index (χ1) is 15.0. The van der Waals surface area contributed by atoms with Gasteiger partial charge in [0.15, 0.2) is 11.6 Å². The molecule has 32 heavy (non-hydrogen) atoms. The van der Waals surface area contributed by atoms with Crippen molar-refractivity contribution in [1.82, 2.24) is 14.3 Å². The largest absolute Gasteiger partial charge is 0.397 e. The minimum absolute atomic E-state index is 0.0986. The van der Waals surface area contributed by atoms with Crippen LogP contribution in [0, 0.1) is 18.6 Å². The highest BCUT2D eigenvalue weighted by Crippen LogP contribution is 2.29. The molecule has 0 atom stereocenters. The molecule has 9 nitrogen and oxygen atoms in total. The van der Waals surface area contributed by atoms with E-state index in [2.05, 4.69) is 9.71 Å². The quantitative estimate of drug-likeness (QED) is 0.347. The summed E-state index contributed by atoms with van der Waals surface area (Å²) < 4.78 is 59.1. The fraction of sp³-hybridized carbons (Fsp3) is 0.250. The van der Waals surface area contributed by atoms with Crippen LogP contribution in [0.2, 0.25) is 0 Å². The van der Waals surface area contributed by atoms with Gasteiger partial charge in [0.05, 0.1) is 34.7 Å². The van der Waals surface area contributed by atoms with Crippen LogP contribution in [0.25, 0.3) is 11.4 Å². The number of rotatable bonds is 8. The molecule has 0 saturated heterocycles. The number of nitrogens with two attached hydrogens (primary N) is 2. The zero-order valence-corrected chi connectivity index (χ0v) is 18.7. The summed E-state index contributed by atoms with van der Waals surface area (Å²) in [6.07, 6.45) is 6.51. The summed E-state index contributed by atoms with van der Waals surface area (Å²) in [4.78, 5) is 4.15. The lowest BCUT2D eigenvalue weighted by Crippen LogP contribution is -2.28. The number of nitrogens with one attached hydrogen (secondary N) is 1. The highest BCUT2D eigenvalue weighted by molar-refractivity contribution is 7.92. The maximum absolute atomic E-state index is 14.9. The van der Waals surface area contributed by atoms with Crippen LogP contribution in [0.5, 0.6) is 0 Å². The summed E-state index contributed by atoms with van der Waals surface area (Å²) in [6.45, 7) is 3.62. The third kappa shape index (κ3) is 4.75. The van der Waals surface area contributed by atoms with Crippen molar-refractivity contribution >= 4 is 27.1 Å². The normalized spacial score (nSPS) is 12.2. The molecule has 0 spiro atoms. The molecule has 5 N–H and O–H groups in total. The van der Waals surface area contributed by atoms with Crippen molar-refractivity contribution in [2.24, 2.45) is 18.6 Å². The van der Waals surface area contributed by atoms with Crippen LogP contribution in [-0.4, -0.2) is 28.5 Å². The van der Waals surface area contributed by atoms with Crippen LogP contribution in [0.4, 0.5) is 20.2 Å². The first kappa shape index (κ1) is 23.3. The zero-order chi connectivity index (χ0) is 23.6. The number of anilines is 2. The summed E-state index contributed by atoms with van der Waals surface area (Å²) in [5.41, 5.74) is 7.40. The summed E-state index contributed by atoms with van der Waals surface area (Å²) >= 11 is 0. The molecule has 0 saturated carbocycles. The Bertz CT molecular complexity index is 1260. The average Bonchev–Trinajstić information content (AvgIpc) is 2.73. The maximum Gasteiger partial charge on any atom is 0.232 e. The number of nitrogens with zero attached hydrogens (tertiary/aromatic N) is 4. The summed E-state index contributed by atoms with van der Waals surface area (Å²) in [5.74, 6) is 3.52. The summed E-state index contributed by atoms with van der Waals surface area (Å²) in [6, 6.07) is 3.66. The van der Waals surface area contributed by atoms with Crippen molar-refractivity contribution in [1.29, 1.82) is 0 Å². The molecule has 0 aliphatic carbocycles. The van der Waals surface area contributed by atoms with Crippen LogP contribution >= 0.6 is 0 Å². The smallest absolute Gasteiger partial charge is 0.232 e. The second-order valence-electron chi connectivity index (χ2n) is 7.24. The number of aryl methyl sites for hydroxylation is 1. The number of aromatic nitrogens is 3. The van der Waals surface area contributed by atoms with Gasteiger partial charge >= 0.3 is 0 Å². The highest BCUT2D eigenvalue weighted by Gasteiger charge is 2.21. The van der Waals surface area contributed by atoms with Crippen LogP contribution in [0.3, 0.4) is 0 Å². The monoisotopic (exact) mass is 465 g/mol. The summed E-state index contributed by atoms with van der Waals surface area (Å²) in [7, 11) is -1.90. The number of pyridine rings is 1. The lowest BCUT2D eigenvalue weighted by Gasteiger charge is -2.22. The average molecular weight is 466 g/mol. The molecule has 0 aliphatic rings. The first-order valence-electron chi connectivity index (χ1n) is 9.70. The topological polar surface area (TPSA) is 124 Å².